The number of aliphatic hydroxyl groups is 1. The third kappa shape index (κ3) is 16.1. The largest absolute Gasteiger partial charge is 0.506 e. The van der Waals surface area contributed by atoms with E-state index in [1.54, 1.807) is 6.08 Å². The molecule has 0 heterocycles. The average molecular weight is 475 g/mol. The van der Waals surface area contributed by atoms with E-state index in [1.165, 1.54) is 122 Å². The van der Waals surface area contributed by atoms with Gasteiger partial charge in [-0.15, -0.1) is 0 Å². The lowest BCUT2D eigenvalue weighted by Gasteiger charge is -2.14. The highest BCUT2D eigenvalue weighted by Crippen LogP contribution is 2.14. The van der Waals surface area contributed by atoms with Crippen LogP contribution < -0.4 is 5.32 Å². The minimum Gasteiger partial charge on any atom is -0.506 e. The molecule has 1 aliphatic carbocycles. The van der Waals surface area contributed by atoms with Gasteiger partial charge < -0.3 is 10.4 Å². The van der Waals surface area contributed by atoms with E-state index in [-0.39, 0.29) is 11.5 Å². The summed E-state index contributed by atoms with van der Waals surface area (Å²) < 4.78 is 0. The normalized spacial score (nSPS) is 15.0. The second kappa shape index (κ2) is 21.9. The van der Waals surface area contributed by atoms with E-state index in [9.17, 15) is 9.90 Å². The number of hydrogen-bond acceptors (Lipinski definition) is 4. The average Bonchev–Trinajstić information content (AvgIpc) is 2.83. The van der Waals surface area contributed by atoms with Gasteiger partial charge in [-0.25, -0.2) is 0 Å². The van der Waals surface area contributed by atoms with Crippen LogP contribution in [0, 0.1) is 0 Å². The number of rotatable bonds is 23. The summed E-state index contributed by atoms with van der Waals surface area (Å²) in [7, 11) is 0. The van der Waals surface area contributed by atoms with Gasteiger partial charge in [-0.2, -0.15) is 0 Å². The topological polar surface area (TPSA) is 61.7 Å². The van der Waals surface area contributed by atoms with Gasteiger partial charge in [0, 0.05) is 19.2 Å². The Morgan fingerprint density at radius 3 is 1.59 bits per heavy atom. The number of unbranched alkanes of at least 4 members (excludes halogenated alkanes) is 18. The van der Waals surface area contributed by atoms with E-state index in [1.807, 2.05) is 0 Å². The zero-order valence-corrected chi connectivity index (χ0v) is 22.5. The van der Waals surface area contributed by atoms with Crippen LogP contribution in [0.1, 0.15) is 142 Å². The molecule has 34 heavy (non-hydrogen) atoms. The number of ketones is 1. The van der Waals surface area contributed by atoms with Gasteiger partial charge in [-0.3, -0.25) is 9.79 Å². The maximum atomic E-state index is 12.2. The summed E-state index contributed by atoms with van der Waals surface area (Å²) in [5.41, 5.74) is 1.11. The summed E-state index contributed by atoms with van der Waals surface area (Å²) in [6.45, 7) is 6.03. The maximum Gasteiger partial charge on any atom is 0.207 e. The summed E-state index contributed by atoms with van der Waals surface area (Å²) >= 11 is 0. The van der Waals surface area contributed by atoms with Gasteiger partial charge in [-0.05, 0) is 18.9 Å². The van der Waals surface area contributed by atoms with Crippen LogP contribution in [0.2, 0.25) is 0 Å². The molecule has 0 spiro atoms. The van der Waals surface area contributed by atoms with E-state index in [4.69, 9.17) is 0 Å². The van der Waals surface area contributed by atoms with Crippen molar-refractivity contribution in [1.82, 2.24) is 5.32 Å². The summed E-state index contributed by atoms with van der Waals surface area (Å²) in [6, 6.07) is 0. The van der Waals surface area contributed by atoms with Crippen molar-refractivity contribution in [2.24, 2.45) is 4.99 Å². The first-order valence-corrected chi connectivity index (χ1v) is 14.6. The Hall–Kier alpha value is -1.58. The first kappa shape index (κ1) is 30.5. The second-order valence-electron chi connectivity index (χ2n) is 10.0. The predicted octanol–water partition coefficient (Wildman–Crippen LogP) is 8.77. The third-order valence-corrected chi connectivity index (χ3v) is 6.72. The van der Waals surface area contributed by atoms with Crippen LogP contribution in [0.25, 0.3) is 0 Å². The molecule has 4 heteroatoms. The molecule has 2 N–H and O–H groups in total. The lowest BCUT2D eigenvalue weighted by molar-refractivity contribution is -0.109. The van der Waals surface area contributed by atoms with Crippen LogP contribution in [0.3, 0.4) is 0 Å². The molecule has 0 radical (unpaired) electrons. The van der Waals surface area contributed by atoms with Crippen molar-refractivity contribution in [1.29, 1.82) is 0 Å². The van der Waals surface area contributed by atoms with Gasteiger partial charge >= 0.3 is 0 Å². The van der Waals surface area contributed by atoms with Crippen molar-refractivity contribution in [2.45, 2.75) is 142 Å². The Labute approximate surface area is 210 Å². The Balaban J connectivity index is 2.13. The van der Waals surface area contributed by atoms with Crippen LogP contribution in [0.5, 0.6) is 0 Å². The van der Waals surface area contributed by atoms with E-state index in [0.29, 0.717) is 18.0 Å². The second-order valence-corrected chi connectivity index (χ2v) is 10.0. The lowest BCUT2D eigenvalue weighted by Crippen LogP contribution is -2.24. The molecule has 1 rings (SSSR count). The van der Waals surface area contributed by atoms with E-state index in [2.05, 4.69) is 24.2 Å². The highest BCUT2D eigenvalue weighted by molar-refractivity contribution is 6.49. The summed E-state index contributed by atoms with van der Waals surface area (Å²) in [6.07, 6.45) is 29.0. The van der Waals surface area contributed by atoms with Gasteiger partial charge in [0.1, 0.15) is 11.5 Å². The van der Waals surface area contributed by atoms with Crippen molar-refractivity contribution < 1.29 is 9.90 Å². The van der Waals surface area contributed by atoms with E-state index < -0.39 is 0 Å². The van der Waals surface area contributed by atoms with Crippen LogP contribution >= 0.6 is 0 Å². The molecule has 0 fully saturated rings. The number of allylic oxidation sites excluding steroid dienone is 2. The molecule has 0 aromatic carbocycles. The molecule has 0 saturated heterocycles. The third-order valence-electron chi connectivity index (χ3n) is 6.72. The number of nitrogens with one attached hydrogen (secondary N) is 1. The van der Waals surface area contributed by atoms with Crippen molar-refractivity contribution in [3.63, 3.8) is 0 Å². The molecule has 196 valence electrons. The van der Waals surface area contributed by atoms with E-state index in [0.717, 1.165) is 19.4 Å². The Morgan fingerprint density at radius 1 is 0.647 bits per heavy atom. The number of hydrogen-bond donors (Lipinski definition) is 2. The van der Waals surface area contributed by atoms with Crippen LogP contribution in [0.15, 0.2) is 28.6 Å². The van der Waals surface area contributed by atoms with Gasteiger partial charge in [0.05, 0.1) is 5.70 Å². The molecule has 4 nitrogen and oxygen atoms in total. The standard InChI is InChI=1S/C30H54N2O2/c1-3-5-7-9-11-13-15-17-19-21-23-31-27-25-28(30(34)26-29(27)33)32-24-22-20-18-16-14-12-10-8-6-4-2/h25-26,31,33H,3-24H2,1-2H3. The Morgan fingerprint density at radius 2 is 1.09 bits per heavy atom. The highest BCUT2D eigenvalue weighted by Gasteiger charge is 2.17. The van der Waals surface area contributed by atoms with Crippen molar-refractivity contribution in [3.8, 4) is 0 Å². The fraction of sp³-hybridized carbons (Fsp3) is 0.800. The fourth-order valence-corrected chi connectivity index (χ4v) is 4.46. The molecule has 0 bridgehead atoms. The molecular formula is C30H54N2O2. The number of aliphatic imine (C=N–C) groups is 1. The highest BCUT2D eigenvalue weighted by atomic mass is 16.3. The first-order chi connectivity index (χ1) is 16.7. The summed E-state index contributed by atoms with van der Waals surface area (Å²) in [5, 5.41) is 13.4. The minimum atomic E-state index is -0.186. The van der Waals surface area contributed by atoms with E-state index >= 15 is 0 Å². The number of carbonyl (C=O) groups is 1. The predicted molar refractivity (Wildman–Crippen MR) is 148 cm³/mol. The van der Waals surface area contributed by atoms with Crippen molar-refractivity contribution in [2.75, 3.05) is 13.1 Å². The van der Waals surface area contributed by atoms with Gasteiger partial charge in [0.15, 0.2) is 0 Å². The molecule has 0 aromatic rings. The van der Waals surface area contributed by atoms with Gasteiger partial charge in [-0.1, -0.05) is 129 Å². The molecule has 0 aliphatic heterocycles. The van der Waals surface area contributed by atoms with Crippen LogP contribution in [-0.4, -0.2) is 29.7 Å². The molecule has 0 amide bonds. The maximum absolute atomic E-state index is 12.2. The molecule has 0 atom stereocenters. The monoisotopic (exact) mass is 474 g/mol. The minimum absolute atomic E-state index is 0.0370. The van der Waals surface area contributed by atoms with Crippen LogP contribution in [0.4, 0.5) is 0 Å². The summed E-state index contributed by atoms with van der Waals surface area (Å²) in [4.78, 5) is 16.7. The molecule has 0 unspecified atom stereocenters. The summed E-state index contributed by atoms with van der Waals surface area (Å²) in [5.74, 6) is -0.149. The number of nitrogens with zero attached hydrogens (tertiary/aromatic N) is 1. The molecule has 0 aromatic heterocycles. The van der Waals surface area contributed by atoms with Gasteiger partial charge in [0.25, 0.3) is 0 Å². The Bertz CT molecular complexity index is 607. The van der Waals surface area contributed by atoms with Crippen LogP contribution in [-0.2, 0) is 4.79 Å². The SMILES string of the molecule is CCCCCCCCCCCCN=C1C=C(NCCCCCCCCCCCC)C(O)=CC1=O. The first-order valence-electron chi connectivity index (χ1n) is 14.6. The molecular weight excluding hydrogens is 420 g/mol. The number of carbonyl (C=O) groups excluding carboxylic acids is 1. The number of aliphatic hydroxyl groups excluding tert-OH is 1. The molecule has 1 aliphatic rings. The van der Waals surface area contributed by atoms with Gasteiger partial charge in [0.2, 0.25) is 5.78 Å². The Kier molecular flexibility index (Phi) is 19.6. The zero-order chi connectivity index (χ0) is 24.7. The molecule has 0 saturated carbocycles. The fourth-order valence-electron chi connectivity index (χ4n) is 4.46. The zero-order valence-electron chi connectivity index (χ0n) is 22.5. The van der Waals surface area contributed by atoms with Crippen molar-refractivity contribution in [3.05, 3.63) is 23.6 Å². The quantitative estimate of drug-likeness (QED) is 0.115. The smallest absolute Gasteiger partial charge is 0.207 e. The van der Waals surface area contributed by atoms with Crippen molar-refractivity contribution >= 4 is 11.5 Å². The lowest BCUT2D eigenvalue weighted by atomic mass is 10.1.